The molecule has 5 heteroatoms. The first kappa shape index (κ1) is 18.2. The molecule has 0 spiro atoms. The number of piperidine rings is 1. The van der Waals surface area contributed by atoms with Crippen molar-refractivity contribution in [3.63, 3.8) is 0 Å². The minimum absolute atomic E-state index is 0.200. The Hall–Kier alpha value is -1.59. The Morgan fingerprint density at radius 1 is 1.20 bits per heavy atom. The number of carbonyl (C=O) groups is 1. The Bertz CT molecular complexity index is 528. The molecule has 2 aliphatic heterocycles. The Morgan fingerprint density at radius 3 is 2.68 bits per heavy atom. The number of benzene rings is 1. The maximum Gasteiger partial charge on any atom is 0.223 e. The second kappa shape index (κ2) is 9.20. The molecule has 5 nitrogen and oxygen atoms in total. The van der Waals surface area contributed by atoms with E-state index in [2.05, 4.69) is 57.7 Å². The lowest BCUT2D eigenvalue weighted by Crippen LogP contribution is -2.47. The first-order chi connectivity index (χ1) is 12.2. The Labute approximate surface area is 151 Å². The molecule has 0 unspecified atom stereocenters. The summed E-state index contributed by atoms with van der Waals surface area (Å²) in [7, 11) is 0. The predicted octanol–water partition coefficient (Wildman–Crippen LogP) is 1.70. The number of hydrogen-bond acceptors (Lipinski definition) is 4. The van der Waals surface area contributed by atoms with Crippen LogP contribution >= 0.6 is 0 Å². The van der Waals surface area contributed by atoms with Gasteiger partial charge in [-0.15, -0.1) is 0 Å². The average Bonchev–Trinajstić information content (AvgIpc) is 2.66. The summed E-state index contributed by atoms with van der Waals surface area (Å²) in [5.74, 6) is 0.452. The van der Waals surface area contributed by atoms with Gasteiger partial charge in [0.05, 0.1) is 0 Å². The zero-order chi connectivity index (χ0) is 17.5. The number of para-hydroxylation sites is 1. The lowest BCUT2D eigenvalue weighted by atomic mass is 9.92. The van der Waals surface area contributed by atoms with Gasteiger partial charge in [-0.3, -0.25) is 9.69 Å². The molecule has 0 bridgehead atoms. The van der Waals surface area contributed by atoms with Crippen LogP contribution in [-0.2, 0) is 4.79 Å². The van der Waals surface area contributed by atoms with E-state index in [0.717, 1.165) is 65.1 Å². The van der Waals surface area contributed by atoms with Crippen LogP contribution in [0.5, 0.6) is 0 Å². The second-order valence-corrected chi connectivity index (χ2v) is 7.39. The van der Waals surface area contributed by atoms with E-state index in [1.807, 2.05) is 0 Å². The van der Waals surface area contributed by atoms with Gasteiger partial charge in [-0.1, -0.05) is 18.2 Å². The molecule has 2 atom stereocenters. The van der Waals surface area contributed by atoms with Crippen LogP contribution in [0.2, 0.25) is 0 Å². The molecular weight excluding hydrogens is 312 g/mol. The van der Waals surface area contributed by atoms with Gasteiger partial charge in [0.1, 0.15) is 0 Å². The number of nitrogens with zero attached hydrogens (tertiary/aromatic N) is 2. The summed E-state index contributed by atoms with van der Waals surface area (Å²) in [6.45, 7) is 9.39. The highest BCUT2D eigenvalue weighted by Gasteiger charge is 2.24. The Morgan fingerprint density at radius 2 is 1.96 bits per heavy atom. The number of hydrogen-bond donors (Lipinski definition) is 2. The number of nitrogens with one attached hydrogen (secondary N) is 2. The molecule has 1 aromatic carbocycles. The Kier molecular flexibility index (Phi) is 6.70. The first-order valence-electron chi connectivity index (χ1n) is 9.76. The third-order valence-electron chi connectivity index (χ3n) is 5.44. The second-order valence-electron chi connectivity index (χ2n) is 7.39. The molecule has 0 radical (unpaired) electrons. The van der Waals surface area contributed by atoms with Crippen molar-refractivity contribution >= 4 is 11.6 Å². The third kappa shape index (κ3) is 5.44. The van der Waals surface area contributed by atoms with Crippen molar-refractivity contribution in [3.8, 4) is 0 Å². The van der Waals surface area contributed by atoms with Crippen LogP contribution < -0.4 is 15.5 Å². The van der Waals surface area contributed by atoms with Crippen molar-refractivity contribution in [2.75, 3.05) is 50.7 Å². The standard InChI is InChI=1S/C20H32N4O/c1-17-16-18(8-10-21-17)20(25)22-9-5-11-23-12-14-24(15-13-23)19-6-3-2-4-7-19/h2-4,6-7,17-18,21H,5,8-16H2,1H3,(H,22,25)/t17-,18-/m0/s1. The predicted molar refractivity (Wildman–Crippen MR) is 103 cm³/mol. The summed E-state index contributed by atoms with van der Waals surface area (Å²) >= 11 is 0. The van der Waals surface area contributed by atoms with E-state index < -0.39 is 0 Å². The molecular formula is C20H32N4O. The molecule has 0 aromatic heterocycles. The van der Waals surface area contributed by atoms with E-state index in [-0.39, 0.29) is 11.8 Å². The highest BCUT2D eigenvalue weighted by molar-refractivity contribution is 5.78. The van der Waals surface area contributed by atoms with Gasteiger partial charge in [0.25, 0.3) is 0 Å². The molecule has 25 heavy (non-hydrogen) atoms. The van der Waals surface area contributed by atoms with E-state index >= 15 is 0 Å². The van der Waals surface area contributed by atoms with Crippen LogP contribution in [0.3, 0.4) is 0 Å². The van der Waals surface area contributed by atoms with Gasteiger partial charge in [0.15, 0.2) is 0 Å². The first-order valence-corrected chi connectivity index (χ1v) is 9.76. The van der Waals surface area contributed by atoms with E-state index in [4.69, 9.17) is 0 Å². The largest absolute Gasteiger partial charge is 0.369 e. The lowest BCUT2D eigenvalue weighted by molar-refractivity contribution is -0.126. The molecule has 3 rings (SSSR count). The normalized spacial score (nSPS) is 24.9. The fraction of sp³-hybridized carbons (Fsp3) is 0.650. The molecule has 2 fully saturated rings. The van der Waals surface area contributed by atoms with Crippen molar-refractivity contribution in [2.45, 2.75) is 32.2 Å². The van der Waals surface area contributed by atoms with Crippen molar-refractivity contribution in [1.82, 2.24) is 15.5 Å². The van der Waals surface area contributed by atoms with E-state index in [9.17, 15) is 4.79 Å². The lowest BCUT2D eigenvalue weighted by Gasteiger charge is -2.36. The summed E-state index contributed by atoms with van der Waals surface area (Å²) < 4.78 is 0. The maximum absolute atomic E-state index is 12.2. The van der Waals surface area contributed by atoms with Gasteiger partial charge in [-0.2, -0.15) is 0 Å². The van der Waals surface area contributed by atoms with Crippen molar-refractivity contribution < 1.29 is 4.79 Å². The molecule has 2 aliphatic rings. The molecule has 138 valence electrons. The fourth-order valence-corrected chi connectivity index (χ4v) is 3.90. The van der Waals surface area contributed by atoms with E-state index in [1.165, 1.54) is 5.69 Å². The molecule has 2 heterocycles. The number of carbonyl (C=O) groups excluding carboxylic acids is 1. The van der Waals surface area contributed by atoms with Gasteiger partial charge in [0, 0.05) is 50.4 Å². The van der Waals surface area contributed by atoms with Crippen LogP contribution in [0, 0.1) is 5.92 Å². The van der Waals surface area contributed by atoms with Gasteiger partial charge >= 0.3 is 0 Å². The third-order valence-corrected chi connectivity index (χ3v) is 5.44. The van der Waals surface area contributed by atoms with Crippen LogP contribution in [0.15, 0.2) is 30.3 Å². The maximum atomic E-state index is 12.2. The fourth-order valence-electron chi connectivity index (χ4n) is 3.90. The molecule has 1 aromatic rings. The van der Waals surface area contributed by atoms with Gasteiger partial charge in [-0.25, -0.2) is 0 Å². The van der Waals surface area contributed by atoms with Gasteiger partial charge in [0.2, 0.25) is 5.91 Å². The topological polar surface area (TPSA) is 47.6 Å². The van der Waals surface area contributed by atoms with Gasteiger partial charge < -0.3 is 15.5 Å². The van der Waals surface area contributed by atoms with E-state index in [0.29, 0.717) is 6.04 Å². The smallest absolute Gasteiger partial charge is 0.223 e. The number of amides is 1. The van der Waals surface area contributed by atoms with Crippen LogP contribution in [0.25, 0.3) is 0 Å². The molecule has 1 amide bonds. The molecule has 0 saturated carbocycles. The molecule has 2 N–H and O–H groups in total. The van der Waals surface area contributed by atoms with Crippen LogP contribution in [0.1, 0.15) is 26.2 Å². The SMILES string of the molecule is C[C@H]1C[C@@H](C(=O)NCCCN2CCN(c3ccccc3)CC2)CCN1. The highest BCUT2D eigenvalue weighted by Crippen LogP contribution is 2.16. The van der Waals surface area contributed by atoms with Gasteiger partial charge in [-0.05, 0) is 51.4 Å². The number of anilines is 1. The Balaban J connectivity index is 1.29. The minimum atomic E-state index is 0.200. The highest BCUT2D eigenvalue weighted by atomic mass is 16.1. The number of piperazine rings is 1. The summed E-state index contributed by atoms with van der Waals surface area (Å²) in [5.41, 5.74) is 1.32. The summed E-state index contributed by atoms with van der Waals surface area (Å²) in [6, 6.07) is 11.1. The minimum Gasteiger partial charge on any atom is -0.369 e. The summed E-state index contributed by atoms with van der Waals surface area (Å²) in [4.78, 5) is 17.2. The zero-order valence-electron chi connectivity index (χ0n) is 15.4. The van der Waals surface area contributed by atoms with E-state index in [1.54, 1.807) is 0 Å². The van der Waals surface area contributed by atoms with Crippen LogP contribution in [0.4, 0.5) is 5.69 Å². The number of rotatable bonds is 6. The average molecular weight is 345 g/mol. The monoisotopic (exact) mass is 344 g/mol. The zero-order valence-corrected chi connectivity index (χ0v) is 15.4. The molecule has 0 aliphatic carbocycles. The van der Waals surface area contributed by atoms with Crippen molar-refractivity contribution in [1.29, 1.82) is 0 Å². The van der Waals surface area contributed by atoms with Crippen molar-refractivity contribution in [2.24, 2.45) is 5.92 Å². The molecule has 2 saturated heterocycles. The summed E-state index contributed by atoms with van der Waals surface area (Å²) in [5, 5.41) is 6.55. The summed E-state index contributed by atoms with van der Waals surface area (Å²) in [6.07, 6.45) is 2.97. The quantitative estimate of drug-likeness (QED) is 0.771. The van der Waals surface area contributed by atoms with Crippen LogP contribution in [-0.4, -0.2) is 62.7 Å². The van der Waals surface area contributed by atoms with Crippen molar-refractivity contribution in [3.05, 3.63) is 30.3 Å².